The number of nitriles is 1. The Hall–Kier alpha value is -3.76. The highest BCUT2D eigenvalue weighted by molar-refractivity contribution is 6.33. The Morgan fingerprint density at radius 1 is 1.09 bits per heavy atom. The number of halogens is 3. The summed E-state index contributed by atoms with van der Waals surface area (Å²) in [5.41, 5.74) is 1.59. The lowest BCUT2D eigenvalue weighted by Crippen LogP contribution is -2.44. The number of amides is 2. The molecule has 0 spiro atoms. The van der Waals surface area contributed by atoms with Crippen molar-refractivity contribution in [3.63, 3.8) is 0 Å². The minimum Gasteiger partial charge on any atom is -0.327 e. The van der Waals surface area contributed by atoms with Crippen LogP contribution in [0.25, 0.3) is 11.1 Å². The van der Waals surface area contributed by atoms with Gasteiger partial charge in [-0.2, -0.15) is 5.26 Å². The molecule has 0 radical (unpaired) electrons. The minimum atomic E-state index is -1.37. The third kappa shape index (κ3) is 4.92. The number of carbonyl (C=O) groups is 2. The lowest BCUT2D eigenvalue weighted by atomic mass is 10.0. The Morgan fingerprint density at radius 2 is 1.82 bits per heavy atom. The van der Waals surface area contributed by atoms with Crippen molar-refractivity contribution in [3.05, 3.63) is 88.7 Å². The van der Waals surface area contributed by atoms with Gasteiger partial charge in [-0.05, 0) is 29.8 Å². The first-order chi connectivity index (χ1) is 16.4. The van der Waals surface area contributed by atoms with Crippen molar-refractivity contribution in [2.75, 3.05) is 11.9 Å². The molecule has 1 unspecified atom stereocenters. The van der Waals surface area contributed by atoms with Gasteiger partial charge in [-0.25, -0.2) is 8.78 Å². The van der Waals surface area contributed by atoms with Crippen LogP contribution in [0.2, 0.25) is 5.02 Å². The number of alkyl halides is 1. The van der Waals surface area contributed by atoms with E-state index in [-0.39, 0.29) is 30.6 Å². The summed E-state index contributed by atoms with van der Waals surface area (Å²) in [5, 5.41) is 11.9. The van der Waals surface area contributed by atoms with E-state index in [9.17, 15) is 14.0 Å². The van der Waals surface area contributed by atoms with Gasteiger partial charge in [0, 0.05) is 22.6 Å². The van der Waals surface area contributed by atoms with Crippen molar-refractivity contribution in [2.24, 2.45) is 0 Å². The van der Waals surface area contributed by atoms with Crippen molar-refractivity contribution in [1.82, 2.24) is 4.90 Å². The molecular weight excluding hydrogens is 460 g/mol. The molecule has 1 heterocycles. The normalized spacial score (nSPS) is 17.3. The Kier molecular flexibility index (Phi) is 6.90. The number of carbonyl (C=O) groups excluding carboxylic acids is 2. The molecular formula is C26H20ClF2N3O2. The second-order valence-corrected chi connectivity index (χ2v) is 8.43. The second-order valence-electron chi connectivity index (χ2n) is 8.02. The summed E-state index contributed by atoms with van der Waals surface area (Å²) in [7, 11) is 0. The van der Waals surface area contributed by atoms with E-state index in [1.54, 1.807) is 60.7 Å². The maximum absolute atomic E-state index is 15.2. The molecule has 4 rings (SSSR count). The van der Waals surface area contributed by atoms with Crippen molar-refractivity contribution in [1.29, 1.82) is 5.26 Å². The summed E-state index contributed by atoms with van der Waals surface area (Å²) in [6, 6.07) is 18.7. The molecule has 2 atom stereocenters. The number of rotatable bonds is 5. The lowest BCUT2D eigenvalue weighted by molar-refractivity contribution is -0.136. The fraction of sp³-hybridized carbons (Fsp3) is 0.192. The number of likely N-dealkylation sites (tertiary alicyclic amines) is 1. The van der Waals surface area contributed by atoms with Crippen molar-refractivity contribution < 1.29 is 18.4 Å². The van der Waals surface area contributed by atoms with E-state index in [0.717, 1.165) is 0 Å². The number of nitrogens with one attached hydrogen (secondary N) is 1. The van der Waals surface area contributed by atoms with E-state index >= 15 is 4.39 Å². The van der Waals surface area contributed by atoms with Crippen molar-refractivity contribution in [3.8, 4) is 17.2 Å². The topological polar surface area (TPSA) is 73.2 Å². The van der Waals surface area contributed by atoms with Gasteiger partial charge < -0.3 is 10.2 Å². The van der Waals surface area contributed by atoms with Gasteiger partial charge in [0.2, 0.25) is 11.8 Å². The molecule has 1 saturated heterocycles. The Morgan fingerprint density at radius 3 is 2.59 bits per heavy atom. The molecule has 34 heavy (non-hydrogen) atoms. The summed E-state index contributed by atoms with van der Waals surface area (Å²) in [5.74, 6) is -1.79. The van der Waals surface area contributed by atoms with Crippen LogP contribution in [-0.2, 0) is 16.0 Å². The molecule has 0 saturated carbocycles. The smallest absolute Gasteiger partial charge is 0.247 e. The van der Waals surface area contributed by atoms with Gasteiger partial charge in [0.05, 0.1) is 30.3 Å². The van der Waals surface area contributed by atoms with Gasteiger partial charge in [-0.15, -0.1) is 0 Å². The van der Waals surface area contributed by atoms with E-state index < -0.39 is 29.8 Å². The van der Waals surface area contributed by atoms with E-state index in [1.807, 2.05) is 6.07 Å². The second kappa shape index (κ2) is 10.0. The van der Waals surface area contributed by atoms with Crippen LogP contribution in [0.5, 0.6) is 0 Å². The van der Waals surface area contributed by atoms with Crippen LogP contribution in [-0.4, -0.2) is 35.5 Å². The van der Waals surface area contributed by atoms with Crippen LogP contribution in [0.1, 0.15) is 17.5 Å². The number of anilines is 1. The van der Waals surface area contributed by atoms with E-state index in [4.69, 9.17) is 16.9 Å². The molecule has 2 amide bonds. The highest BCUT2D eigenvalue weighted by Gasteiger charge is 2.40. The fourth-order valence-corrected chi connectivity index (χ4v) is 4.31. The molecule has 0 aliphatic carbocycles. The van der Waals surface area contributed by atoms with Gasteiger partial charge in [0.1, 0.15) is 12.2 Å². The molecule has 172 valence electrons. The first-order valence-electron chi connectivity index (χ1n) is 10.6. The molecule has 0 aromatic heterocycles. The standard InChI is InChI=1S/C26H20ClF2N3O2/c27-21-9-2-1-7-19(21)20-8-4-10-22(25(20)29)31-26(34)23-13-18(28)15-32(23)24(33)12-16-5-3-6-17(11-16)14-30/h1-11,18,23H,12-13,15H2,(H,31,34)/t18-,23?/m1/s1. The first kappa shape index (κ1) is 23.4. The molecule has 8 heteroatoms. The maximum atomic E-state index is 15.2. The van der Waals surface area contributed by atoms with Crippen LogP contribution < -0.4 is 5.32 Å². The zero-order chi connectivity index (χ0) is 24.2. The van der Waals surface area contributed by atoms with Crippen LogP contribution in [0.15, 0.2) is 66.7 Å². The van der Waals surface area contributed by atoms with E-state index in [1.165, 1.54) is 11.0 Å². The molecule has 3 aromatic rings. The van der Waals surface area contributed by atoms with E-state index in [0.29, 0.717) is 21.7 Å². The summed E-state index contributed by atoms with van der Waals surface area (Å²) < 4.78 is 29.5. The maximum Gasteiger partial charge on any atom is 0.247 e. The van der Waals surface area contributed by atoms with Crippen LogP contribution in [0.3, 0.4) is 0 Å². The van der Waals surface area contributed by atoms with Gasteiger partial charge >= 0.3 is 0 Å². The summed E-state index contributed by atoms with van der Waals surface area (Å²) in [4.78, 5) is 27.0. The highest BCUT2D eigenvalue weighted by atomic mass is 35.5. The molecule has 0 bridgehead atoms. The average molecular weight is 480 g/mol. The third-order valence-electron chi connectivity index (χ3n) is 5.71. The molecule has 3 aromatic carbocycles. The minimum absolute atomic E-state index is 0.0810. The van der Waals surface area contributed by atoms with Crippen LogP contribution in [0, 0.1) is 17.1 Å². The van der Waals surface area contributed by atoms with Gasteiger partial charge in [0.15, 0.2) is 5.82 Å². The Balaban J connectivity index is 1.53. The summed E-state index contributed by atoms with van der Waals surface area (Å²) in [6.07, 6.45) is -1.63. The molecule has 1 aliphatic heterocycles. The number of nitrogens with zero attached hydrogens (tertiary/aromatic N) is 2. The zero-order valence-electron chi connectivity index (χ0n) is 18.0. The molecule has 1 fully saturated rings. The molecule has 1 aliphatic rings. The average Bonchev–Trinajstić information content (AvgIpc) is 3.23. The number of hydrogen-bond acceptors (Lipinski definition) is 3. The Labute approximate surface area is 200 Å². The fourth-order valence-electron chi connectivity index (χ4n) is 4.07. The van der Waals surface area contributed by atoms with Crippen LogP contribution in [0.4, 0.5) is 14.5 Å². The lowest BCUT2D eigenvalue weighted by Gasteiger charge is -2.24. The van der Waals surface area contributed by atoms with Gasteiger partial charge in [-0.1, -0.05) is 54.1 Å². The van der Waals surface area contributed by atoms with Crippen molar-refractivity contribution >= 4 is 29.1 Å². The van der Waals surface area contributed by atoms with Crippen LogP contribution >= 0.6 is 11.6 Å². The Bertz CT molecular complexity index is 1290. The monoisotopic (exact) mass is 479 g/mol. The summed E-state index contributed by atoms with van der Waals surface area (Å²) >= 11 is 6.19. The first-order valence-corrected chi connectivity index (χ1v) is 11.0. The SMILES string of the molecule is N#Cc1cccc(CC(=O)N2C[C@H](F)CC2C(=O)Nc2cccc(-c3ccccc3Cl)c2F)c1. The zero-order valence-corrected chi connectivity index (χ0v) is 18.7. The molecule has 1 N–H and O–H groups in total. The molecule has 5 nitrogen and oxygen atoms in total. The van der Waals surface area contributed by atoms with Gasteiger partial charge in [-0.3, -0.25) is 9.59 Å². The van der Waals surface area contributed by atoms with E-state index in [2.05, 4.69) is 5.32 Å². The third-order valence-corrected chi connectivity index (χ3v) is 6.03. The summed E-state index contributed by atoms with van der Waals surface area (Å²) in [6.45, 7) is -0.225. The largest absolute Gasteiger partial charge is 0.327 e. The van der Waals surface area contributed by atoms with Crippen molar-refractivity contribution in [2.45, 2.75) is 25.1 Å². The number of hydrogen-bond donors (Lipinski definition) is 1. The van der Waals surface area contributed by atoms with Gasteiger partial charge in [0.25, 0.3) is 0 Å². The quantitative estimate of drug-likeness (QED) is 0.551. The predicted molar refractivity (Wildman–Crippen MR) is 125 cm³/mol. The highest BCUT2D eigenvalue weighted by Crippen LogP contribution is 2.33. The predicted octanol–water partition coefficient (Wildman–Crippen LogP) is 5.14. The number of benzene rings is 3.